The Hall–Kier alpha value is -1.20. The molecule has 0 spiro atoms. The van der Waals surface area contributed by atoms with Crippen molar-refractivity contribution in [2.75, 3.05) is 6.54 Å². The lowest BCUT2D eigenvalue weighted by Crippen LogP contribution is -2.25. The first-order valence-electron chi connectivity index (χ1n) is 6.60. The Bertz CT molecular complexity index is 523. The Kier molecular flexibility index (Phi) is 6.18. The van der Waals surface area contributed by atoms with Crippen LogP contribution in [0.1, 0.15) is 38.7 Å². The van der Waals surface area contributed by atoms with E-state index in [9.17, 15) is 13.2 Å². The van der Waals surface area contributed by atoms with E-state index >= 15 is 0 Å². The predicted octanol–water partition coefficient (Wildman–Crippen LogP) is 2.29. The normalized spacial score (nSPS) is 11.5. The highest BCUT2D eigenvalue weighted by Gasteiger charge is 2.18. The second-order valence-corrected chi connectivity index (χ2v) is 6.21. The molecule has 0 bridgehead atoms. The van der Waals surface area contributed by atoms with Crippen LogP contribution in [0.2, 0.25) is 0 Å². The molecule has 5 heteroatoms. The Morgan fingerprint density at radius 3 is 2.47 bits per heavy atom. The van der Waals surface area contributed by atoms with Crippen LogP contribution >= 0.6 is 0 Å². The fraction of sp³-hybridized carbons (Fsp3) is 0.500. The summed E-state index contributed by atoms with van der Waals surface area (Å²) in [6.45, 7) is 4.24. The number of hydrogen-bond acceptors (Lipinski definition) is 3. The Morgan fingerprint density at radius 2 is 1.84 bits per heavy atom. The molecule has 0 atom stereocenters. The van der Waals surface area contributed by atoms with E-state index in [1.807, 2.05) is 13.8 Å². The first-order valence-corrected chi connectivity index (χ1v) is 8.08. The van der Waals surface area contributed by atoms with Gasteiger partial charge in [0.1, 0.15) is 5.78 Å². The third-order valence-corrected chi connectivity index (χ3v) is 4.28. The molecule has 0 radical (unpaired) electrons. The van der Waals surface area contributed by atoms with Crippen molar-refractivity contribution in [1.82, 2.24) is 4.72 Å². The highest BCUT2D eigenvalue weighted by atomic mass is 32.2. The lowest BCUT2D eigenvalue weighted by atomic mass is 10.1. The summed E-state index contributed by atoms with van der Waals surface area (Å²) in [5.74, 6) is 0.0700. The van der Waals surface area contributed by atoms with E-state index in [1.54, 1.807) is 24.3 Å². The van der Waals surface area contributed by atoms with Crippen molar-refractivity contribution < 1.29 is 13.2 Å². The van der Waals surface area contributed by atoms with Gasteiger partial charge in [-0.15, -0.1) is 0 Å². The van der Waals surface area contributed by atoms with Gasteiger partial charge in [-0.25, -0.2) is 13.1 Å². The van der Waals surface area contributed by atoms with E-state index in [1.165, 1.54) is 0 Å². The van der Waals surface area contributed by atoms with Crippen LogP contribution in [0, 0.1) is 0 Å². The summed E-state index contributed by atoms with van der Waals surface area (Å²) in [4.78, 5) is 11.9. The largest absolute Gasteiger partial charge is 0.299 e. The fourth-order valence-electron chi connectivity index (χ4n) is 1.81. The van der Waals surface area contributed by atoms with Gasteiger partial charge in [-0.1, -0.05) is 32.0 Å². The highest BCUT2D eigenvalue weighted by Crippen LogP contribution is 2.16. The Morgan fingerprint density at radius 1 is 1.16 bits per heavy atom. The molecule has 0 aromatic heterocycles. The summed E-state index contributed by atoms with van der Waals surface area (Å²) in [6, 6.07) is 6.68. The summed E-state index contributed by atoms with van der Waals surface area (Å²) in [6.07, 6.45) is 2.17. The number of carbonyl (C=O) groups is 1. The van der Waals surface area contributed by atoms with E-state index in [-0.39, 0.29) is 17.1 Å². The van der Waals surface area contributed by atoms with Crippen LogP contribution in [-0.4, -0.2) is 20.7 Å². The molecule has 1 aromatic rings. The molecule has 0 aliphatic rings. The van der Waals surface area contributed by atoms with Gasteiger partial charge in [-0.05, 0) is 24.5 Å². The molecule has 0 unspecified atom stereocenters. The van der Waals surface area contributed by atoms with Crippen molar-refractivity contribution in [3.05, 3.63) is 29.8 Å². The molecular weight excluding hydrogens is 262 g/mol. The third kappa shape index (κ3) is 4.76. The van der Waals surface area contributed by atoms with Crippen molar-refractivity contribution in [2.24, 2.45) is 0 Å². The van der Waals surface area contributed by atoms with E-state index in [0.29, 0.717) is 18.5 Å². The van der Waals surface area contributed by atoms with Crippen molar-refractivity contribution in [3.8, 4) is 0 Å². The van der Waals surface area contributed by atoms with Crippen LogP contribution in [0.3, 0.4) is 0 Å². The summed E-state index contributed by atoms with van der Waals surface area (Å²) >= 11 is 0. The van der Waals surface area contributed by atoms with E-state index < -0.39 is 10.0 Å². The highest BCUT2D eigenvalue weighted by molar-refractivity contribution is 7.89. The molecule has 0 aliphatic carbocycles. The minimum atomic E-state index is -3.52. The zero-order chi connectivity index (χ0) is 14.3. The van der Waals surface area contributed by atoms with E-state index in [2.05, 4.69) is 4.72 Å². The van der Waals surface area contributed by atoms with Gasteiger partial charge in [0.25, 0.3) is 0 Å². The SMILES string of the molecule is CCCNS(=O)(=O)c1ccccc1CC(=O)CCC. The van der Waals surface area contributed by atoms with Crippen molar-refractivity contribution in [1.29, 1.82) is 0 Å². The van der Waals surface area contributed by atoms with E-state index in [4.69, 9.17) is 0 Å². The Balaban J connectivity index is 2.98. The fourth-order valence-corrected chi connectivity index (χ4v) is 3.18. The van der Waals surface area contributed by atoms with Crippen molar-refractivity contribution in [3.63, 3.8) is 0 Å². The molecule has 4 nitrogen and oxygen atoms in total. The van der Waals surface area contributed by atoms with Gasteiger partial charge in [-0.3, -0.25) is 4.79 Å². The molecule has 1 aromatic carbocycles. The second-order valence-electron chi connectivity index (χ2n) is 4.47. The Labute approximate surface area is 115 Å². The first kappa shape index (κ1) is 15.9. The van der Waals surface area contributed by atoms with Crippen LogP contribution in [-0.2, 0) is 21.2 Å². The molecule has 19 heavy (non-hydrogen) atoms. The van der Waals surface area contributed by atoms with Crippen molar-refractivity contribution in [2.45, 2.75) is 44.4 Å². The molecule has 0 aliphatic heterocycles. The zero-order valence-electron chi connectivity index (χ0n) is 11.5. The molecular formula is C14H21NO3S. The molecule has 106 valence electrons. The van der Waals surface area contributed by atoms with Gasteiger partial charge < -0.3 is 0 Å². The lowest BCUT2D eigenvalue weighted by molar-refractivity contribution is -0.118. The number of ketones is 1. The number of benzene rings is 1. The first-order chi connectivity index (χ1) is 9.01. The van der Waals surface area contributed by atoms with E-state index in [0.717, 1.165) is 12.8 Å². The van der Waals surface area contributed by atoms with Gasteiger partial charge in [-0.2, -0.15) is 0 Å². The average molecular weight is 283 g/mol. The van der Waals surface area contributed by atoms with Crippen LogP contribution in [0.5, 0.6) is 0 Å². The van der Waals surface area contributed by atoms with Crippen molar-refractivity contribution >= 4 is 15.8 Å². The maximum Gasteiger partial charge on any atom is 0.240 e. The average Bonchev–Trinajstić information content (AvgIpc) is 2.37. The molecule has 0 amide bonds. The summed E-state index contributed by atoms with van der Waals surface area (Å²) in [7, 11) is -3.52. The summed E-state index contributed by atoms with van der Waals surface area (Å²) in [5, 5.41) is 0. The van der Waals surface area contributed by atoms with Crippen LogP contribution in [0.25, 0.3) is 0 Å². The minimum absolute atomic E-state index is 0.0700. The third-order valence-electron chi connectivity index (χ3n) is 2.72. The van der Waals surface area contributed by atoms with Gasteiger partial charge in [0, 0.05) is 19.4 Å². The zero-order valence-corrected chi connectivity index (χ0v) is 12.3. The van der Waals surface area contributed by atoms with Gasteiger partial charge in [0.05, 0.1) is 4.90 Å². The van der Waals surface area contributed by atoms with Gasteiger partial charge in [0.2, 0.25) is 10.0 Å². The van der Waals surface area contributed by atoms with Gasteiger partial charge >= 0.3 is 0 Å². The molecule has 1 N–H and O–H groups in total. The molecule has 0 fully saturated rings. The number of Topliss-reactive ketones (excluding diaryl/α,β-unsaturated/α-hetero) is 1. The number of sulfonamides is 1. The molecule has 0 heterocycles. The van der Waals surface area contributed by atoms with Crippen LogP contribution in [0.4, 0.5) is 0 Å². The number of hydrogen-bond donors (Lipinski definition) is 1. The number of carbonyl (C=O) groups excluding carboxylic acids is 1. The maximum atomic E-state index is 12.1. The number of nitrogens with one attached hydrogen (secondary N) is 1. The standard InChI is InChI=1S/C14H21NO3S/c1-3-7-13(16)11-12-8-5-6-9-14(12)19(17,18)15-10-4-2/h5-6,8-9,15H,3-4,7,10-11H2,1-2H3. The van der Waals surface area contributed by atoms with Gasteiger partial charge in [0.15, 0.2) is 0 Å². The second kappa shape index (κ2) is 7.40. The number of rotatable bonds is 8. The quantitative estimate of drug-likeness (QED) is 0.796. The smallest absolute Gasteiger partial charge is 0.240 e. The monoisotopic (exact) mass is 283 g/mol. The summed E-state index contributed by atoms with van der Waals surface area (Å²) < 4.78 is 26.8. The topological polar surface area (TPSA) is 63.2 Å². The van der Waals surface area contributed by atoms with Crippen LogP contribution < -0.4 is 4.72 Å². The van der Waals surface area contributed by atoms with Crippen LogP contribution in [0.15, 0.2) is 29.2 Å². The predicted molar refractivity (Wildman–Crippen MR) is 75.5 cm³/mol. The molecule has 1 rings (SSSR count). The lowest BCUT2D eigenvalue weighted by Gasteiger charge is -2.10. The summed E-state index contributed by atoms with van der Waals surface area (Å²) in [5.41, 5.74) is 0.574. The molecule has 0 saturated carbocycles. The minimum Gasteiger partial charge on any atom is -0.299 e. The molecule has 0 saturated heterocycles. The maximum absolute atomic E-state index is 12.1.